The Bertz CT molecular complexity index is 402. The van der Waals surface area contributed by atoms with E-state index < -0.39 is 12.0 Å². The van der Waals surface area contributed by atoms with Crippen LogP contribution in [0.4, 0.5) is 0 Å². The smallest absolute Gasteiger partial charge is 0.325 e. The molecule has 2 rings (SSSR count). The molecule has 2 N–H and O–H groups in total. The van der Waals surface area contributed by atoms with E-state index in [0.29, 0.717) is 13.0 Å². The van der Waals surface area contributed by atoms with E-state index >= 15 is 0 Å². The van der Waals surface area contributed by atoms with Crippen molar-refractivity contribution in [3.8, 4) is 0 Å². The van der Waals surface area contributed by atoms with Gasteiger partial charge >= 0.3 is 5.97 Å². The molecule has 0 fully saturated rings. The number of nitrogens with zero attached hydrogens (tertiary/aromatic N) is 1. The number of thiophene rings is 1. The Kier molecular flexibility index (Phi) is 3.81. The summed E-state index contributed by atoms with van der Waals surface area (Å²) in [5.41, 5.74) is 0.930. The third-order valence-electron chi connectivity index (χ3n) is 3.13. The minimum Gasteiger partial charge on any atom is -0.480 e. The van der Waals surface area contributed by atoms with E-state index in [2.05, 4.69) is 0 Å². The largest absolute Gasteiger partial charge is 0.480 e. The number of hydrogen-bond donors (Lipinski definition) is 2. The highest BCUT2D eigenvalue weighted by Gasteiger charge is 2.33. The molecule has 5 heteroatoms. The van der Waals surface area contributed by atoms with Crippen LogP contribution in [-0.4, -0.2) is 40.3 Å². The van der Waals surface area contributed by atoms with E-state index in [1.54, 1.807) is 18.3 Å². The van der Waals surface area contributed by atoms with Crippen LogP contribution < -0.4 is 0 Å². The highest BCUT2D eigenvalue weighted by molar-refractivity contribution is 7.10. The monoisotopic (exact) mass is 255 g/mol. The Morgan fingerprint density at radius 1 is 1.71 bits per heavy atom. The second kappa shape index (κ2) is 5.16. The molecule has 0 bridgehead atoms. The van der Waals surface area contributed by atoms with Gasteiger partial charge in [0.15, 0.2) is 0 Å². The molecule has 4 nitrogen and oxygen atoms in total. The Morgan fingerprint density at radius 2 is 2.47 bits per heavy atom. The predicted octanol–water partition coefficient (Wildman–Crippen LogP) is 1.50. The Labute approximate surface area is 104 Å². The molecular formula is C12H17NO3S. The Balaban J connectivity index is 2.16. The molecule has 1 aliphatic rings. The number of fused-ring (bicyclic) bond motifs is 1. The highest BCUT2D eigenvalue weighted by atomic mass is 32.1. The van der Waals surface area contributed by atoms with Gasteiger partial charge in [0.1, 0.15) is 6.04 Å². The molecule has 94 valence electrons. The molecule has 0 amide bonds. The van der Waals surface area contributed by atoms with Gasteiger partial charge < -0.3 is 10.2 Å². The maximum Gasteiger partial charge on any atom is 0.325 e. The Hall–Kier alpha value is -0.910. The van der Waals surface area contributed by atoms with Gasteiger partial charge in [-0.3, -0.25) is 9.69 Å². The number of aliphatic hydroxyl groups excluding tert-OH is 1. The third kappa shape index (κ3) is 2.68. The van der Waals surface area contributed by atoms with Crippen molar-refractivity contribution in [2.24, 2.45) is 0 Å². The lowest BCUT2D eigenvalue weighted by Crippen LogP contribution is -2.40. The van der Waals surface area contributed by atoms with Crippen molar-refractivity contribution in [1.29, 1.82) is 0 Å². The van der Waals surface area contributed by atoms with Gasteiger partial charge in [-0.25, -0.2) is 0 Å². The minimum atomic E-state index is -0.796. The molecule has 2 unspecified atom stereocenters. The third-order valence-corrected chi connectivity index (χ3v) is 4.13. The molecule has 0 aromatic carbocycles. The molecule has 2 atom stereocenters. The number of carbonyl (C=O) groups is 1. The molecule has 0 spiro atoms. The van der Waals surface area contributed by atoms with Crippen molar-refractivity contribution >= 4 is 17.3 Å². The second-order valence-electron chi connectivity index (χ2n) is 4.46. The van der Waals surface area contributed by atoms with Gasteiger partial charge in [-0.15, -0.1) is 11.3 Å². The van der Waals surface area contributed by atoms with Crippen molar-refractivity contribution in [2.45, 2.75) is 31.9 Å². The second-order valence-corrected chi connectivity index (χ2v) is 5.46. The zero-order valence-electron chi connectivity index (χ0n) is 9.80. The van der Waals surface area contributed by atoms with E-state index in [1.807, 2.05) is 16.3 Å². The summed E-state index contributed by atoms with van der Waals surface area (Å²) in [5, 5.41) is 20.6. The van der Waals surface area contributed by atoms with Crippen LogP contribution in [0.1, 0.15) is 29.8 Å². The molecule has 0 radical (unpaired) electrons. The molecule has 0 aliphatic carbocycles. The summed E-state index contributed by atoms with van der Waals surface area (Å²) in [6.45, 7) is 3.12. The number of carboxylic acid groups (broad SMARTS) is 1. The zero-order valence-corrected chi connectivity index (χ0v) is 10.6. The number of aliphatic hydroxyl groups is 1. The summed E-state index contributed by atoms with van der Waals surface area (Å²) < 4.78 is 0. The van der Waals surface area contributed by atoms with E-state index in [0.717, 1.165) is 18.5 Å². The minimum absolute atomic E-state index is 0.381. The van der Waals surface area contributed by atoms with Gasteiger partial charge in [0.25, 0.3) is 0 Å². The fraction of sp³-hybridized carbons (Fsp3) is 0.583. The lowest BCUT2D eigenvalue weighted by Gasteiger charge is -2.33. The van der Waals surface area contributed by atoms with Crippen LogP contribution in [0, 0.1) is 0 Å². The lowest BCUT2D eigenvalue weighted by atomic mass is 9.99. The van der Waals surface area contributed by atoms with Crippen LogP contribution in [0.3, 0.4) is 0 Å². The van der Waals surface area contributed by atoms with Crippen molar-refractivity contribution in [3.63, 3.8) is 0 Å². The molecular weight excluding hydrogens is 238 g/mol. The van der Waals surface area contributed by atoms with Gasteiger partial charge in [0, 0.05) is 18.0 Å². The first kappa shape index (κ1) is 12.5. The summed E-state index contributed by atoms with van der Waals surface area (Å²) in [5.74, 6) is -0.796. The van der Waals surface area contributed by atoms with E-state index in [9.17, 15) is 15.0 Å². The average Bonchev–Trinajstić information content (AvgIpc) is 2.72. The van der Waals surface area contributed by atoms with E-state index in [-0.39, 0.29) is 6.10 Å². The number of aliphatic carboxylic acids is 1. The van der Waals surface area contributed by atoms with Crippen molar-refractivity contribution < 1.29 is 15.0 Å². The molecule has 1 aromatic rings. The summed E-state index contributed by atoms with van der Waals surface area (Å²) in [6.07, 6.45) is 1.15. The van der Waals surface area contributed by atoms with Crippen LogP contribution >= 0.6 is 11.3 Å². The van der Waals surface area contributed by atoms with Crippen LogP contribution in [0.25, 0.3) is 0 Å². The van der Waals surface area contributed by atoms with E-state index in [1.165, 1.54) is 4.88 Å². The molecule has 1 aliphatic heterocycles. The molecule has 0 saturated heterocycles. The van der Waals surface area contributed by atoms with Crippen molar-refractivity contribution in [2.75, 3.05) is 13.1 Å². The van der Waals surface area contributed by atoms with Crippen molar-refractivity contribution in [1.82, 2.24) is 4.90 Å². The summed E-state index contributed by atoms with van der Waals surface area (Å²) >= 11 is 1.63. The first-order chi connectivity index (χ1) is 8.09. The topological polar surface area (TPSA) is 60.8 Å². The summed E-state index contributed by atoms with van der Waals surface area (Å²) in [7, 11) is 0. The summed E-state index contributed by atoms with van der Waals surface area (Å²) in [4.78, 5) is 14.5. The van der Waals surface area contributed by atoms with Crippen molar-refractivity contribution in [3.05, 3.63) is 21.9 Å². The van der Waals surface area contributed by atoms with Gasteiger partial charge in [-0.05, 0) is 36.8 Å². The van der Waals surface area contributed by atoms with Gasteiger partial charge in [0.2, 0.25) is 0 Å². The molecule has 0 saturated carbocycles. The fourth-order valence-corrected chi connectivity index (χ4v) is 3.15. The number of carboxylic acids is 1. The van der Waals surface area contributed by atoms with Gasteiger partial charge in [-0.1, -0.05) is 0 Å². The normalized spacial score (nSPS) is 22.1. The van der Waals surface area contributed by atoms with Gasteiger partial charge in [-0.2, -0.15) is 0 Å². The zero-order chi connectivity index (χ0) is 12.4. The van der Waals surface area contributed by atoms with Crippen LogP contribution in [0.2, 0.25) is 0 Å². The Morgan fingerprint density at radius 3 is 3.12 bits per heavy atom. The lowest BCUT2D eigenvalue weighted by molar-refractivity contribution is -0.144. The SMILES string of the molecule is CC(O)CCN1CCc2sccc2C1C(=O)O. The number of hydrogen-bond acceptors (Lipinski definition) is 4. The maximum absolute atomic E-state index is 11.4. The molecule has 2 heterocycles. The first-order valence-electron chi connectivity index (χ1n) is 5.80. The molecule has 1 aromatic heterocycles. The fourth-order valence-electron chi connectivity index (χ4n) is 2.25. The van der Waals surface area contributed by atoms with Gasteiger partial charge in [0.05, 0.1) is 6.10 Å². The van der Waals surface area contributed by atoms with Crippen LogP contribution in [0.15, 0.2) is 11.4 Å². The van der Waals surface area contributed by atoms with E-state index in [4.69, 9.17) is 0 Å². The molecule has 17 heavy (non-hydrogen) atoms. The quantitative estimate of drug-likeness (QED) is 0.856. The van der Waals surface area contributed by atoms with Crippen LogP contribution in [0.5, 0.6) is 0 Å². The first-order valence-corrected chi connectivity index (χ1v) is 6.68. The van der Waals surface area contributed by atoms with Crippen LogP contribution in [-0.2, 0) is 11.2 Å². The highest BCUT2D eigenvalue weighted by Crippen LogP contribution is 2.33. The standard InChI is InChI=1S/C12H17NO3S/c1-8(14)2-5-13-6-3-10-9(4-7-17-10)11(13)12(15)16/h4,7-8,11,14H,2-3,5-6H2,1H3,(H,15,16). The number of rotatable bonds is 4. The predicted molar refractivity (Wildman–Crippen MR) is 66.3 cm³/mol. The maximum atomic E-state index is 11.4. The average molecular weight is 255 g/mol. The summed E-state index contributed by atoms with van der Waals surface area (Å²) in [6, 6.07) is 1.37.